The highest BCUT2D eigenvalue weighted by atomic mass is 32.1. The van der Waals surface area contributed by atoms with Crippen molar-refractivity contribution < 1.29 is 23.7 Å². The van der Waals surface area contributed by atoms with Crippen molar-refractivity contribution in [1.82, 2.24) is 4.98 Å². The second kappa shape index (κ2) is 11.8. The summed E-state index contributed by atoms with van der Waals surface area (Å²) in [5.41, 5.74) is 4.86. The van der Waals surface area contributed by atoms with E-state index < -0.39 is 0 Å². The molecule has 0 unspecified atom stereocenters. The number of aryl methyl sites for hydroxylation is 2. The first-order chi connectivity index (χ1) is 17.9. The lowest BCUT2D eigenvalue weighted by Gasteiger charge is -2.13. The zero-order valence-electron chi connectivity index (χ0n) is 21.6. The number of rotatable bonds is 10. The molecule has 0 aliphatic heterocycles. The summed E-state index contributed by atoms with van der Waals surface area (Å²) in [4.78, 5) is 17.0. The predicted molar refractivity (Wildman–Crippen MR) is 149 cm³/mol. The molecular formula is C29H30N2O5S. The van der Waals surface area contributed by atoms with Crippen molar-refractivity contribution in [2.45, 2.75) is 20.3 Å². The van der Waals surface area contributed by atoms with Crippen molar-refractivity contribution in [3.8, 4) is 23.0 Å². The maximum atomic E-state index is 12.5. The topological polar surface area (TPSA) is 78.9 Å². The molecule has 0 bridgehead atoms. The quantitative estimate of drug-likeness (QED) is 0.245. The van der Waals surface area contributed by atoms with Crippen molar-refractivity contribution in [3.05, 3.63) is 70.8 Å². The predicted octanol–water partition coefficient (Wildman–Crippen LogP) is 6.38. The molecule has 0 spiro atoms. The van der Waals surface area contributed by atoms with Gasteiger partial charge in [0.25, 0.3) is 5.91 Å². The van der Waals surface area contributed by atoms with Gasteiger partial charge in [0.15, 0.2) is 23.2 Å². The van der Waals surface area contributed by atoms with E-state index in [1.165, 1.54) is 16.9 Å². The number of nitrogens with zero attached hydrogens (tertiary/aromatic N) is 1. The van der Waals surface area contributed by atoms with Crippen LogP contribution in [0.1, 0.15) is 29.2 Å². The van der Waals surface area contributed by atoms with Crippen LogP contribution in [0, 0.1) is 6.92 Å². The molecule has 4 aromatic rings. The van der Waals surface area contributed by atoms with E-state index in [4.69, 9.17) is 18.9 Å². The monoisotopic (exact) mass is 518 g/mol. The summed E-state index contributed by atoms with van der Waals surface area (Å²) >= 11 is 1.46. The number of carbonyl (C=O) groups excluding carboxylic acids is 1. The van der Waals surface area contributed by atoms with Gasteiger partial charge >= 0.3 is 0 Å². The van der Waals surface area contributed by atoms with Crippen LogP contribution in [0.3, 0.4) is 0 Å². The van der Waals surface area contributed by atoms with E-state index in [1.54, 1.807) is 21.3 Å². The summed E-state index contributed by atoms with van der Waals surface area (Å²) in [5.74, 6) is 2.09. The van der Waals surface area contributed by atoms with E-state index in [9.17, 15) is 4.79 Å². The third kappa shape index (κ3) is 6.21. The normalized spacial score (nSPS) is 11.1. The van der Waals surface area contributed by atoms with Crippen LogP contribution < -0.4 is 24.3 Å². The number of anilines is 1. The number of hydrogen-bond acceptors (Lipinski definition) is 7. The average Bonchev–Trinajstić information content (AvgIpc) is 3.32. The molecule has 1 aromatic heterocycles. The van der Waals surface area contributed by atoms with Gasteiger partial charge in [0.1, 0.15) is 5.75 Å². The lowest BCUT2D eigenvalue weighted by Crippen LogP contribution is -2.20. The van der Waals surface area contributed by atoms with Gasteiger partial charge in [-0.05, 0) is 65.9 Å². The molecule has 37 heavy (non-hydrogen) atoms. The lowest BCUT2D eigenvalue weighted by atomic mass is 10.1. The Morgan fingerprint density at radius 1 is 0.919 bits per heavy atom. The van der Waals surface area contributed by atoms with E-state index in [0.717, 1.165) is 33.3 Å². The van der Waals surface area contributed by atoms with E-state index in [0.29, 0.717) is 28.1 Å². The lowest BCUT2D eigenvalue weighted by molar-refractivity contribution is -0.118. The number of methoxy groups -OCH3 is 3. The minimum Gasteiger partial charge on any atom is -0.493 e. The third-order valence-corrected chi connectivity index (χ3v) is 6.77. The zero-order valence-corrected chi connectivity index (χ0v) is 22.4. The van der Waals surface area contributed by atoms with Gasteiger partial charge in [-0.3, -0.25) is 10.1 Å². The number of nitrogens with one attached hydrogen (secondary N) is 1. The molecule has 0 aliphatic rings. The van der Waals surface area contributed by atoms with Crippen LogP contribution in [0.2, 0.25) is 0 Å². The van der Waals surface area contributed by atoms with Gasteiger partial charge in [-0.25, -0.2) is 4.98 Å². The summed E-state index contributed by atoms with van der Waals surface area (Å²) < 4.78 is 23.2. The molecule has 1 heterocycles. The zero-order chi connectivity index (χ0) is 26.4. The van der Waals surface area contributed by atoms with Crippen molar-refractivity contribution in [1.29, 1.82) is 0 Å². The summed E-state index contributed by atoms with van der Waals surface area (Å²) in [6, 6.07) is 15.8. The Bertz CT molecular complexity index is 1420. The van der Waals surface area contributed by atoms with Crippen molar-refractivity contribution >= 4 is 44.7 Å². The second-order valence-electron chi connectivity index (χ2n) is 8.33. The molecule has 0 saturated carbocycles. The highest BCUT2D eigenvalue weighted by molar-refractivity contribution is 7.22. The highest BCUT2D eigenvalue weighted by Gasteiger charge is 2.13. The number of ether oxygens (including phenoxy) is 4. The molecule has 3 aromatic carbocycles. The van der Waals surface area contributed by atoms with Crippen LogP contribution in [0.4, 0.5) is 5.13 Å². The molecule has 0 saturated heterocycles. The van der Waals surface area contributed by atoms with Gasteiger partial charge in [-0.2, -0.15) is 0 Å². The van der Waals surface area contributed by atoms with Crippen molar-refractivity contribution in [2.24, 2.45) is 0 Å². The van der Waals surface area contributed by atoms with Crippen LogP contribution in [-0.4, -0.2) is 38.8 Å². The van der Waals surface area contributed by atoms with Crippen LogP contribution in [-0.2, 0) is 11.2 Å². The maximum Gasteiger partial charge on any atom is 0.264 e. The first-order valence-corrected chi connectivity index (χ1v) is 12.7. The van der Waals surface area contributed by atoms with E-state index in [2.05, 4.69) is 29.4 Å². The Labute approximate surface area is 220 Å². The fourth-order valence-electron chi connectivity index (χ4n) is 3.81. The molecule has 8 heteroatoms. The molecule has 4 rings (SSSR count). The highest BCUT2D eigenvalue weighted by Crippen LogP contribution is 2.38. The SMILES string of the molecule is CCc1ccc2nc(NC(=O)COc3cc(/C=C\c4cc(OC)c(OC)c(OC)c4)ccc3C)sc2c1. The fourth-order valence-corrected chi connectivity index (χ4v) is 4.75. The minimum absolute atomic E-state index is 0.114. The summed E-state index contributed by atoms with van der Waals surface area (Å²) in [6.45, 7) is 3.94. The molecule has 0 radical (unpaired) electrons. The van der Waals surface area contributed by atoms with Crippen LogP contribution in [0.15, 0.2) is 48.5 Å². The standard InChI is InChI=1S/C29H30N2O5S/c1-6-19-11-12-22-26(16-19)37-29(30-22)31-27(32)17-36-23-13-20(8-7-18(23)2)9-10-21-14-24(33-3)28(35-5)25(15-21)34-4/h7-16H,6,17H2,1-5H3,(H,30,31,32)/b10-9-. The molecule has 0 aliphatic carbocycles. The number of thiazole rings is 1. The van der Waals surface area contributed by atoms with Crippen molar-refractivity contribution in [3.63, 3.8) is 0 Å². The van der Waals surface area contributed by atoms with E-state index in [-0.39, 0.29) is 12.5 Å². The third-order valence-electron chi connectivity index (χ3n) is 5.83. The van der Waals surface area contributed by atoms with Gasteiger partial charge < -0.3 is 18.9 Å². The van der Waals surface area contributed by atoms with E-state index in [1.807, 2.05) is 55.5 Å². The van der Waals surface area contributed by atoms with Gasteiger partial charge in [0.2, 0.25) is 5.75 Å². The Balaban J connectivity index is 1.43. The first kappa shape index (κ1) is 26.0. The van der Waals surface area contributed by atoms with Gasteiger partial charge in [0.05, 0.1) is 31.5 Å². The molecule has 192 valence electrons. The summed E-state index contributed by atoms with van der Waals surface area (Å²) in [6.07, 6.45) is 4.86. The maximum absolute atomic E-state index is 12.5. The van der Waals surface area contributed by atoms with Gasteiger partial charge in [0, 0.05) is 0 Å². The Morgan fingerprint density at radius 3 is 2.30 bits per heavy atom. The number of benzene rings is 3. The number of carbonyl (C=O) groups is 1. The Hall–Kier alpha value is -4.04. The number of amides is 1. The molecule has 1 N–H and O–H groups in total. The Morgan fingerprint density at radius 2 is 1.62 bits per heavy atom. The molecule has 7 nitrogen and oxygen atoms in total. The van der Waals surface area contributed by atoms with Crippen molar-refractivity contribution in [2.75, 3.05) is 33.3 Å². The van der Waals surface area contributed by atoms with Gasteiger partial charge in [-0.15, -0.1) is 0 Å². The number of aromatic nitrogens is 1. The number of hydrogen-bond donors (Lipinski definition) is 1. The summed E-state index contributed by atoms with van der Waals surface area (Å²) in [7, 11) is 4.75. The summed E-state index contributed by atoms with van der Waals surface area (Å²) in [5, 5.41) is 3.41. The first-order valence-electron chi connectivity index (χ1n) is 11.8. The minimum atomic E-state index is -0.257. The second-order valence-corrected chi connectivity index (χ2v) is 9.36. The molecule has 0 fully saturated rings. The molecule has 0 atom stereocenters. The molecular weight excluding hydrogens is 488 g/mol. The molecule has 1 amide bonds. The Kier molecular flexibility index (Phi) is 8.30. The van der Waals surface area contributed by atoms with Crippen LogP contribution >= 0.6 is 11.3 Å². The fraction of sp³-hybridized carbons (Fsp3) is 0.241. The van der Waals surface area contributed by atoms with Crippen LogP contribution in [0.5, 0.6) is 23.0 Å². The van der Waals surface area contributed by atoms with Gasteiger partial charge in [-0.1, -0.05) is 48.6 Å². The largest absolute Gasteiger partial charge is 0.493 e. The van der Waals surface area contributed by atoms with E-state index >= 15 is 0 Å². The average molecular weight is 519 g/mol. The smallest absolute Gasteiger partial charge is 0.264 e. The number of fused-ring (bicyclic) bond motifs is 1. The van der Waals surface area contributed by atoms with Crippen LogP contribution in [0.25, 0.3) is 22.4 Å².